The minimum Gasteiger partial charge on any atom is -0.493 e. The predicted octanol–water partition coefficient (Wildman–Crippen LogP) is 1.89. The van der Waals surface area contributed by atoms with E-state index in [1.807, 2.05) is 0 Å². The standard InChI is InChI=1S/C22H27N5O6S2/c1-5-32-18-11-14(10-16-13-25-22(24)26-21(16)23)12-19(33-35(30,31)27(2)3)20(18)15-6-8-17(9-7-15)34(4,28)29/h6-9,11-13H,5,10H2,1-4H3,(H4,23,24,25,26). The Kier molecular flexibility index (Phi) is 7.53. The average molecular weight is 522 g/mol. The van der Waals surface area contributed by atoms with E-state index in [-0.39, 0.29) is 35.4 Å². The molecule has 13 heteroatoms. The molecule has 0 amide bonds. The molecular weight excluding hydrogens is 494 g/mol. The van der Waals surface area contributed by atoms with Crippen LogP contribution in [0, 0.1) is 0 Å². The summed E-state index contributed by atoms with van der Waals surface area (Å²) in [6, 6.07) is 9.28. The largest absolute Gasteiger partial charge is 0.493 e. The van der Waals surface area contributed by atoms with E-state index in [0.717, 1.165) is 10.6 Å². The van der Waals surface area contributed by atoms with Gasteiger partial charge in [0.1, 0.15) is 11.6 Å². The summed E-state index contributed by atoms with van der Waals surface area (Å²) in [6.07, 6.45) is 2.85. The molecule has 0 aliphatic heterocycles. The highest BCUT2D eigenvalue weighted by atomic mass is 32.2. The minimum atomic E-state index is -4.13. The lowest BCUT2D eigenvalue weighted by molar-refractivity contribution is 0.340. The summed E-state index contributed by atoms with van der Waals surface area (Å²) in [5.41, 5.74) is 13.6. The molecule has 4 N–H and O–H groups in total. The topological polar surface area (TPSA) is 168 Å². The fraction of sp³-hybridized carbons (Fsp3) is 0.273. The molecule has 0 spiro atoms. The Morgan fingerprint density at radius 1 is 1.00 bits per heavy atom. The van der Waals surface area contributed by atoms with Crippen molar-refractivity contribution in [2.75, 3.05) is 38.4 Å². The molecule has 0 aliphatic carbocycles. The van der Waals surface area contributed by atoms with Gasteiger partial charge in [-0.2, -0.15) is 17.7 Å². The number of nitrogen functional groups attached to an aromatic ring is 2. The molecule has 188 valence electrons. The van der Waals surface area contributed by atoms with Crippen molar-refractivity contribution >= 4 is 31.9 Å². The molecule has 0 unspecified atom stereocenters. The summed E-state index contributed by atoms with van der Waals surface area (Å²) in [4.78, 5) is 8.05. The van der Waals surface area contributed by atoms with Gasteiger partial charge in [0.2, 0.25) is 5.95 Å². The van der Waals surface area contributed by atoms with Gasteiger partial charge in [-0.3, -0.25) is 0 Å². The van der Waals surface area contributed by atoms with Gasteiger partial charge in [-0.05, 0) is 42.3 Å². The van der Waals surface area contributed by atoms with E-state index in [2.05, 4.69) is 9.97 Å². The SMILES string of the molecule is CCOc1cc(Cc2cnc(N)nc2N)cc(OS(=O)(=O)N(C)C)c1-c1ccc(S(C)(=O)=O)cc1. The Morgan fingerprint density at radius 3 is 2.17 bits per heavy atom. The summed E-state index contributed by atoms with van der Waals surface area (Å²) in [7, 11) is -4.86. The first-order valence-electron chi connectivity index (χ1n) is 10.4. The number of hydrogen-bond donors (Lipinski definition) is 2. The van der Waals surface area contributed by atoms with Crippen molar-refractivity contribution in [1.29, 1.82) is 0 Å². The average Bonchev–Trinajstić information content (AvgIpc) is 2.75. The van der Waals surface area contributed by atoms with E-state index in [1.54, 1.807) is 31.2 Å². The number of aromatic nitrogens is 2. The molecule has 3 aromatic rings. The predicted molar refractivity (Wildman–Crippen MR) is 133 cm³/mol. The zero-order valence-electron chi connectivity index (χ0n) is 19.7. The van der Waals surface area contributed by atoms with Gasteiger partial charge < -0.3 is 20.4 Å². The van der Waals surface area contributed by atoms with E-state index in [9.17, 15) is 16.8 Å². The first-order chi connectivity index (χ1) is 16.3. The van der Waals surface area contributed by atoms with Crippen LogP contribution in [0.4, 0.5) is 11.8 Å². The van der Waals surface area contributed by atoms with E-state index in [0.29, 0.717) is 28.0 Å². The third kappa shape index (κ3) is 6.18. The smallest absolute Gasteiger partial charge is 0.384 e. The molecule has 11 nitrogen and oxygen atoms in total. The van der Waals surface area contributed by atoms with Crippen molar-refractivity contribution in [3.8, 4) is 22.6 Å². The molecule has 0 saturated carbocycles. The maximum atomic E-state index is 12.6. The van der Waals surface area contributed by atoms with Crippen LogP contribution >= 0.6 is 0 Å². The summed E-state index contributed by atoms with van der Waals surface area (Å²) >= 11 is 0. The van der Waals surface area contributed by atoms with Crippen LogP contribution in [0.15, 0.2) is 47.5 Å². The van der Waals surface area contributed by atoms with Gasteiger partial charge in [0.25, 0.3) is 0 Å². The Morgan fingerprint density at radius 2 is 1.63 bits per heavy atom. The van der Waals surface area contributed by atoms with Crippen molar-refractivity contribution < 1.29 is 25.8 Å². The number of nitrogens with two attached hydrogens (primary N) is 2. The first kappa shape index (κ1) is 26.2. The van der Waals surface area contributed by atoms with Gasteiger partial charge in [-0.1, -0.05) is 12.1 Å². The van der Waals surface area contributed by atoms with Gasteiger partial charge in [0, 0.05) is 38.5 Å². The molecule has 3 rings (SSSR count). The lowest BCUT2D eigenvalue weighted by Crippen LogP contribution is -2.27. The fourth-order valence-electron chi connectivity index (χ4n) is 3.21. The Balaban J connectivity index is 2.21. The Hall–Kier alpha value is -3.42. The summed E-state index contributed by atoms with van der Waals surface area (Å²) < 4.78 is 61.3. The second kappa shape index (κ2) is 10.1. The van der Waals surface area contributed by atoms with Gasteiger partial charge in [-0.15, -0.1) is 0 Å². The lowest BCUT2D eigenvalue weighted by Gasteiger charge is -2.19. The van der Waals surface area contributed by atoms with Crippen LogP contribution in [0.1, 0.15) is 18.1 Å². The molecule has 0 saturated heterocycles. The van der Waals surface area contributed by atoms with Crippen LogP contribution in [0.5, 0.6) is 11.5 Å². The van der Waals surface area contributed by atoms with E-state index in [4.69, 9.17) is 20.4 Å². The molecule has 35 heavy (non-hydrogen) atoms. The molecule has 0 bridgehead atoms. The fourth-order valence-corrected chi connectivity index (χ4v) is 4.35. The van der Waals surface area contributed by atoms with Crippen LogP contribution in [0.2, 0.25) is 0 Å². The molecule has 0 fully saturated rings. The van der Waals surface area contributed by atoms with Crippen LogP contribution in [-0.2, 0) is 26.6 Å². The quantitative estimate of drug-likeness (QED) is 0.424. The van der Waals surface area contributed by atoms with E-state index >= 15 is 0 Å². The summed E-state index contributed by atoms with van der Waals surface area (Å²) in [5.74, 6) is 0.576. The number of rotatable bonds is 9. The van der Waals surface area contributed by atoms with Crippen molar-refractivity contribution in [2.45, 2.75) is 18.2 Å². The maximum Gasteiger partial charge on any atom is 0.384 e. The molecule has 0 radical (unpaired) electrons. The van der Waals surface area contributed by atoms with Crippen molar-refractivity contribution in [3.63, 3.8) is 0 Å². The normalized spacial score (nSPS) is 12.0. The number of hydrogen-bond acceptors (Lipinski definition) is 10. The zero-order valence-corrected chi connectivity index (χ0v) is 21.4. The third-order valence-corrected chi connectivity index (χ3v) is 7.36. The highest BCUT2D eigenvalue weighted by molar-refractivity contribution is 7.90. The molecule has 2 aromatic carbocycles. The monoisotopic (exact) mass is 521 g/mol. The summed E-state index contributed by atoms with van der Waals surface area (Å²) in [5, 5.41) is 0. The molecule has 1 aromatic heterocycles. The maximum absolute atomic E-state index is 12.6. The van der Waals surface area contributed by atoms with Gasteiger partial charge in [0.15, 0.2) is 15.6 Å². The van der Waals surface area contributed by atoms with E-state index < -0.39 is 20.1 Å². The number of anilines is 2. The van der Waals surface area contributed by atoms with Crippen molar-refractivity contribution in [3.05, 3.63) is 53.7 Å². The summed E-state index contributed by atoms with van der Waals surface area (Å²) in [6.45, 7) is 2.07. The van der Waals surface area contributed by atoms with Crippen molar-refractivity contribution in [1.82, 2.24) is 14.3 Å². The van der Waals surface area contributed by atoms with Crippen LogP contribution in [0.25, 0.3) is 11.1 Å². The Bertz CT molecular complexity index is 1440. The number of ether oxygens (including phenoxy) is 1. The molecular formula is C22H27N5O6S2. The molecule has 1 heterocycles. The van der Waals surface area contributed by atoms with Crippen LogP contribution in [0.3, 0.4) is 0 Å². The number of nitrogens with zero attached hydrogens (tertiary/aromatic N) is 3. The highest BCUT2D eigenvalue weighted by Crippen LogP contribution is 2.41. The molecule has 0 atom stereocenters. The van der Waals surface area contributed by atoms with Gasteiger partial charge in [0.05, 0.1) is 17.1 Å². The second-order valence-corrected chi connectivity index (χ2v) is 11.6. The lowest BCUT2D eigenvalue weighted by atomic mass is 9.98. The van der Waals surface area contributed by atoms with E-state index in [1.165, 1.54) is 32.4 Å². The van der Waals surface area contributed by atoms with Gasteiger partial charge >= 0.3 is 10.3 Å². The van der Waals surface area contributed by atoms with Gasteiger partial charge in [-0.25, -0.2) is 13.4 Å². The zero-order chi connectivity index (χ0) is 26.0. The Labute approximate surface area is 204 Å². The third-order valence-electron chi connectivity index (χ3n) is 4.95. The minimum absolute atomic E-state index is 0.00157. The first-order valence-corrected chi connectivity index (χ1v) is 13.7. The highest BCUT2D eigenvalue weighted by Gasteiger charge is 2.23. The van der Waals surface area contributed by atoms with Crippen LogP contribution in [-0.4, -0.2) is 58.1 Å². The van der Waals surface area contributed by atoms with Crippen LogP contribution < -0.4 is 20.4 Å². The second-order valence-electron chi connectivity index (χ2n) is 7.84. The number of benzene rings is 2. The molecule has 0 aliphatic rings. The number of sulfone groups is 1. The van der Waals surface area contributed by atoms with Crippen molar-refractivity contribution in [2.24, 2.45) is 0 Å².